The second-order valence-corrected chi connectivity index (χ2v) is 6.82. The van der Waals surface area contributed by atoms with E-state index in [4.69, 9.17) is 11.6 Å². The summed E-state index contributed by atoms with van der Waals surface area (Å²) in [5, 5.41) is 4.48. The summed E-state index contributed by atoms with van der Waals surface area (Å²) in [7, 11) is 3.41. The van der Waals surface area contributed by atoms with Gasteiger partial charge in [-0.2, -0.15) is 0 Å². The number of benzene rings is 1. The lowest BCUT2D eigenvalue weighted by molar-refractivity contribution is 0.0823. The molecule has 0 aliphatic carbocycles. The van der Waals surface area contributed by atoms with E-state index in [0.29, 0.717) is 27.9 Å². The van der Waals surface area contributed by atoms with Crippen LogP contribution in [0.5, 0.6) is 0 Å². The molecule has 7 nitrogen and oxygen atoms in total. The second-order valence-electron chi connectivity index (χ2n) is 6.41. The van der Waals surface area contributed by atoms with Crippen molar-refractivity contribution in [3.8, 4) is 11.4 Å². The molecule has 28 heavy (non-hydrogen) atoms. The molecule has 0 spiro atoms. The number of hydrogen-bond acceptors (Lipinski definition) is 5. The third kappa shape index (κ3) is 3.52. The third-order valence-electron chi connectivity index (χ3n) is 4.16. The zero-order chi connectivity index (χ0) is 19.7. The minimum Gasteiger partial charge on any atom is -0.349 e. The molecule has 0 unspecified atom stereocenters. The van der Waals surface area contributed by atoms with Crippen molar-refractivity contribution in [1.29, 1.82) is 0 Å². The maximum absolute atomic E-state index is 12.2. The number of halogens is 1. The Morgan fingerprint density at radius 3 is 2.68 bits per heavy atom. The number of pyridine rings is 1. The zero-order valence-corrected chi connectivity index (χ0v) is 16.0. The molecule has 1 amide bonds. The highest BCUT2D eigenvalue weighted by atomic mass is 35.5. The Labute approximate surface area is 166 Å². The van der Waals surface area contributed by atoms with Gasteiger partial charge in [0.05, 0.1) is 21.9 Å². The Morgan fingerprint density at radius 1 is 1.07 bits per heavy atom. The third-order valence-corrected chi connectivity index (χ3v) is 4.45. The zero-order valence-electron chi connectivity index (χ0n) is 15.3. The van der Waals surface area contributed by atoms with E-state index in [2.05, 4.69) is 25.3 Å². The molecule has 0 atom stereocenters. The monoisotopic (exact) mass is 392 g/mol. The van der Waals surface area contributed by atoms with Crippen LogP contribution >= 0.6 is 11.6 Å². The van der Waals surface area contributed by atoms with Gasteiger partial charge in [-0.25, -0.2) is 9.97 Å². The van der Waals surface area contributed by atoms with Gasteiger partial charge in [0.15, 0.2) is 0 Å². The maximum Gasteiger partial charge on any atom is 0.269 e. The number of carbonyl (C=O) groups is 1. The van der Waals surface area contributed by atoms with Crippen LogP contribution in [0.2, 0.25) is 5.02 Å². The number of anilines is 2. The fraction of sp³-hybridized carbons (Fsp3) is 0.100. The number of nitrogens with zero attached hydrogens (tertiary/aromatic N) is 4. The summed E-state index contributed by atoms with van der Waals surface area (Å²) in [6.07, 6.45) is 3.39. The predicted octanol–water partition coefficient (Wildman–Crippen LogP) is 4.12. The quantitative estimate of drug-likeness (QED) is 0.545. The second kappa shape index (κ2) is 7.28. The highest BCUT2D eigenvalue weighted by molar-refractivity contribution is 6.35. The molecule has 0 bridgehead atoms. The number of fused-ring (bicyclic) bond motifs is 1. The lowest BCUT2D eigenvalue weighted by atomic mass is 10.2. The number of carbonyl (C=O) groups excluding carboxylic acids is 1. The van der Waals surface area contributed by atoms with Crippen molar-refractivity contribution in [1.82, 2.24) is 24.8 Å². The predicted molar refractivity (Wildman–Crippen MR) is 110 cm³/mol. The molecule has 1 aromatic carbocycles. The van der Waals surface area contributed by atoms with E-state index in [9.17, 15) is 4.79 Å². The van der Waals surface area contributed by atoms with Crippen molar-refractivity contribution in [2.75, 3.05) is 19.4 Å². The molecule has 0 saturated heterocycles. The van der Waals surface area contributed by atoms with Crippen LogP contribution in [0, 0.1) is 0 Å². The largest absolute Gasteiger partial charge is 0.349 e. The standard InChI is InChI=1S/C20H17ClN6O/c1-27(2)19(28)17-10-12-9-13(11-14(21)18(12)25-17)24-20-23-8-6-16(26-20)15-5-3-4-7-22-15/h3-11,25H,1-2H3,(H,23,24,26). The van der Waals surface area contributed by atoms with Crippen molar-refractivity contribution in [2.45, 2.75) is 0 Å². The van der Waals surface area contributed by atoms with E-state index in [-0.39, 0.29) is 5.91 Å². The van der Waals surface area contributed by atoms with E-state index in [1.165, 1.54) is 4.90 Å². The number of aromatic nitrogens is 4. The summed E-state index contributed by atoms with van der Waals surface area (Å²) in [6, 6.07) is 12.9. The molecule has 0 aliphatic rings. The van der Waals surface area contributed by atoms with Crippen LogP contribution in [0.3, 0.4) is 0 Å². The Kier molecular flexibility index (Phi) is 4.67. The number of aromatic amines is 1. The molecule has 4 aromatic rings. The molecule has 0 fully saturated rings. The van der Waals surface area contributed by atoms with Gasteiger partial charge in [0, 0.05) is 37.6 Å². The van der Waals surface area contributed by atoms with Gasteiger partial charge in [-0.3, -0.25) is 9.78 Å². The summed E-state index contributed by atoms with van der Waals surface area (Å²) in [5.41, 5.74) is 3.39. The molecule has 0 radical (unpaired) electrons. The van der Waals surface area contributed by atoms with E-state index in [0.717, 1.165) is 16.8 Å². The topological polar surface area (TPSA) is 86.8 Å². The molecule has 0 aliphatic heterocycles. The molecule has 8 heteroatoms. The van der Waals surface area contributed by atoms with E-state index >= 15 is 0 Å². The lowest BCUT2D eigenvalue weighted by Crippen LogP contribution is -2.21. The molecule has 3 aromatic heterocycles. The molecule has 2 N–H and O–H groups in total. The minimum atomic E-state index is -0.117. The molecular formula is C20H17ClN6O. The van der Waals surface area contributed by atoms with Crippen LogP contribution in [0.25, 0.3) is 22.3 Å². The number of hydrogen-bond donors (Lipinski definition) is 2. The number of H-pyrrole nitrogens is 1. The number of nitrogens with one attached hydrogen (secondary N) is 2. The van der Waals surface area contributed by atoms with Crippen molar-refractivity contribution >= 4 is 40.0 Å². The fourth-order valence-electron chi connectivity index (χ4n) is 2.83. The first kappa shape index (κ1) is 17.9. The van der Waals surface area contributed by atoms with Gasteiger partial charge in [-0.15, -0.1) is 0 Å². The van der Waals surface area contributed by atoms with Gasteiger partial charge in [-0.1, -0.05) is 17.7 Å². The van der Waals surface area contributed by atoms with Gasteiger partial charge in [0.2, 0.25) is 5.95 Å². The van der Waals surface area contributed by atoms with Crippen LogP contribution in [-0.2, 0) is 0 Å². The van der Waals surface area contributed by atoms with Crippen molar-refractivity contribution in [3.63, 3.8) is 0 Å². The van der Waals surface area contributed by atoms with Gasteiger partial charge >= 0.3 is 0 Å². The van der Waals surface area contributed by atoms with Gasteiger partial charge < -0.3 is 15.2 Å². The van der Waals surface area contributed by atoms with E-state index in [1.54, 1.807) is 44.7 Å². The van der Waals surface area contributed by atoms with Gasteiger partial charge in [0.25, 0.3) is 5.91 Å². The molecule has 0 saturated carbocycles. The van der Waals surface area contributed by atoms with Crippen LogP contribution < -0.4 is 5.32 Å². The summed E-state index contributed by atoms with van der Waals surface area (Å²) in [4.78, 5) is 29.8. The first-order chi connectivity index (χ1) is 13.5. The molecule has 140 valence electrons. The number of amides is 1. The van der Waals surface area contributed by atoms with E-state index < -0.39 is 0 Å². The first-order valence-electron chi connectivity index (χ1n) is 8.56. The van der Waals surface area contributed by atoms with Crippen molar-refractivity contribution in [2.24, 2.45) is 0 Å². The fourth-order valence-corrected chi connectivity index (χ4v) is 3.11. The SMILES string of the molecule is CN(C)C(=O)c1cc2cc(Nc3nccc(-c4ccccn4)n3)cc(Cl)c2[nH]1. The molecule has 4 rings (SSSR count). The average Bonchev–Trinajstić information content (AvgIpc) is 3.13. The minimum absolute atomic E-state index is 0.117. The first-order valence-corrected chi connectivity index (χ1v) is 8.94. The Balaban J connectivity index is 1.66. The summed E-state index contributed by atoms with van der Waals surface area (Å²) in [6.45, 7) is 0. The molecular weight excluding hydrogens is 376 g/mol. The maximum atomic E-state index is 12.2. The van der Waals surface area contributed by atoms with Crippen molar-refractivity contribution in [3.05, 3.63) is 65.6 Å². The van der Waals surface area contributed by atoms with Crippen LogP contribution in [-0.4, -0.2) is 44.8 Å². The van der Waals surface area contributed by atoms with Crippen LogP contribution in [0.1, 0.15) is 10.5 Å². The van der Waals surface area contributed by atoms with Crippen molar-refractivity contribution < 1.29 is 4.79 Å². The van der Waals surface area contributed by atoms with Gasteiger partial charge in [0.1, 0.15) is 5.69 Å². The number of rotatable bonds is 4. The summed E-state index contributed by atoms with van der Waals surface area (Å²) in [5.74, 6) is 0.312. The summed E-state index contributed by atoms with van der Waals surface area (Å²) < 4.78 is 0. The highest BCUT2D eigenvalue weighted by Gasteiger charge is 2.14. The molecule has 3 heterocycles. The van der Waals surface area contributed by atoms with Crippen LogP contribution in [0.4, 0.5) is 11.6 Å². The Morgan fingerprint density at radius 2 is 1.93 bits per heavy atom. The van der Waals surface area contributed by atoms with E-state index in [1.807, 2.05) is 24.3 Å². The van der Waals surface area contributed by atoms with Crippen LogP contribution in [0.15, 0.2) is 54.9 Å². The lowest BCUT2D eigenvalue weighted by Gasteiger charge is -2.07. The Bertz CT molecular complexity index is 1160. The average molecular weight is 393 g/mol. The Hall–Kier alpha value is -3.45. The smallest absolute Gasteiger partial charge is 0.269 e. The highest BCUT2D eigenvalue weighted by Crippen LogP contribution is 2.29. The summed E-state index contributed by atoms with van der Waals surface area (Å²) >= 11 is 6.41. The normalized spacial score (nSPS) is 10.8. The van der Waals surface area contributed by atoms with Gasteiger partial charge in [-0.05, 0) is 36.4 Å².